The third-order valence-electron chi connectivity index (χ3n) is 5.21. The van der Waals surface area contributed by atoms with Gasteiger partial charge in [0.25, 0.3) is 0 Å². The monoisotopic (exact) mass is 472 g/mol. The molecule has 0 bridgehead atoms. The number of hydrogen-bond acceptors (Lipinski definition) is 0. The van der Waals surface area contributed by atoms with E-state index in [2.05, 4.69) is 87.1 Å². The number of fused-ring (bicyclic) bond motifs is 6. The van der Waals surface area contributed by atoms with Crippen molar-refractivity contribution in [3.8, 4) is 11.1 Å². The third-order valence-corrected chi connectivity index (χ3v) is 7.91. The summed E-state index contributed by atoms with van der Waals surface area (Å²) in [7, 11) is 0. The fraction of sp³-hybridized carbons (Fsp3) is 0.143. The molecule has 0 saturated heterocycles. The van der Waals surface area contributed by atoms with Gasteiger partial charge in [-0.3, -0.25) is 0 Å². The Hall–Kier alpha value is -1.13. The minimum Gasteiger partial charge on any atom is -0.0620 e. The summed E-state index contributed by atoms with van der Waals surface area (Å²) in [4.78, 5) is 0. The van der Waals surface area contributed by atoms with Crippen molar-refractivity contribution in [2.75, 3.05) is 0 Å². The van der Waals surface area contributed by atoms with Crippen LogP contribution in [0.2, 0.25) is 0 Å². The predicted octanol–water partition coefficient (Wildman–Crippen LogP) is 6.12. The van der Waals surface area contributed by atoms with Gasteiger partial charge in [0.1, 0.15) is 0 Å². The fourth-order valence-electron chi connectivity index (χ4n) is 4.11. The molecular formula is C21H14BrI. The Bertz CT molecular complexity index is 972. The van der Waals surface area contributed by atoms with Crippen molar-refractivity contribution in [1.29, 1.82) is 0 Å². The molecule has 0 fully saturated rings. The van der Waals surface area contributed by atoms with Crippen LogP contribution in [0.15, 0.2) is 53.0 Å². The Morgan fingerprint density at radius 3 is 2.00 bits per heavy atom. The van der Waals surface area contributed by atoms with E-state index in [1.165, 1.54) is 41.4 Å². The fourth-order valence-corrected chi connectivity index (χ4v) is 5.63. The van der Waals surface area contributed by atoms with Gasteiger partial charge in [-0.2, -0.15) is 0 Å². The molecule has 2 aliphatic carbocycles. The number of rotatable bonds is 0. The maximum absolute atomic E-state index is 3.92. The van der Waals surface area contributed by atoms with Crippen LogP contribution in [0.5, 0.6) is 0 Å². The molecule has 3 aromatic carbocycles. The van der Waals surface area contributed by atoms with Crippen LogP contribution in [-0.4, -0.2) is 0 Å². The van der Waals surface area contributed by atoms with Crippen LogP contribution in [0, 0.1) is 3.57 Å². The topological polar surface area (TPSA) is 0 Å². The first-order valence-electron chi connectivity index (χ1n) is 7.90. The lowest BCUT2D eigenvalue weighted by molar-refractivity contribution is 0.969. The van der Waals surface area contributed by atoms with E-state index in [9.17, 15) is 0 Å². The molecule has 112 valence electrons. The molecule has 0 aliphatic heterocycles. The average Bonchev–Trinajstić information content (AvgIpc) is 2.98. The molecule has 0 saturated carbocycles. The van der Waals surface area contributed by atoms with Crippen LogP contribution in [0.1, 0.15) is 33.4 Å². The van der Waals surface area contributed by atoms with Gasteiger partial charge in [-0.1, -0.05) is 48.5 Å². The van der Waals surface area contributed by atoms with Gasteiger partial charge in [-0.25, -0.2) is 0 Å². The van der Waals surface area contributed by atoms with Gasteiger partial charge >= 0.3 is 0 Å². The van der Waals surface area contributed by atoms with Crippen LogP contribution < -0.4 is 0 Å². The molecule has 0 radical (unpaired) electrons. The van der Waals surface area contributed by atoms with Crippen molar-refractivity contribution in [2.45, 2.75) is 19.3 Å². The highest BCUT2D eigenvalue weighted by molar-refractivity contribution is 14.1. The summed E-state index contributed by atoms with van der Waals surface area (Å²) < 4.78 is 2.68. The highest BCUT2D eigenvalue weighted by Crippen LogP contribution is 2.48. The maximum atomic E-state index is 3.92. The lowest BCUT2D eigenvalue weighted by atomic mass is 9.82. The van der Waals surface area contributed by atoms with E-state index in [-0.39, 0.29) is 0 Å². The molecule has 2 heteroatoms. The lowest BCUT2D eigenvalue weighted by Gasteiger charge is -2.25. The molecule has 23 heavy (non-hydrogen) atoms. The van der Waals surface area contributed by atoms with E-state index in [1.807, 2.05) is 0 Å². The second-order valence-corrected chi connectivity index (χ2v) is 8.27. The van der Waals surface area contributed by atoms with Gasteiger partial charge in [0.05, 0.1) is 0 Å². The first-order valence-corrected chi connectivity index (χ1v) is 9.78. The van der Waals surface area contributed by atoms with Crippen molar-refractivity contribution in [2.24, 2.45) is 0 Å². The van der Waals surface area contributed by atoms with Crippen LogP contribution in [0.25, 0.3) is 11.1 Å². The van der Waals surface area contributed by atoms with Gasteiger partial charge in [-0.05, 0) is 96.7 Å². The highest BCUT2D eigenvalue weighted by atomic mass is 127. The van der Waals surface area contributed by atoms with E-state index < -0.39 is 0 Å². The van der Waals surface area contributed by atoms with E-state index in [0.29, 0.717) is 0 Å². The van der Waals surface area contributed by atoms with E-state index in [1.54, 1.807) is 11.1 Å². The smallest absolute Gasteiger partial charge is 0.0357 e. The first kappa shape index (κ1) is 14.2. The van der Waals surface area contributed by atoms with Gasteiger partial charge in [0.15, 0.2) is 0 Å². The van der Waals surface area contributed by atoms with Crippen molar-refractivity contribution >= 4 is 38.5 Å². The zero-order valence-corrected chi connectivity index (χ0v) is 16.2. The van der Waals surface area contributed by atoms with Gasteiger partial charge < -0.3 is 0 Å². The minimum atomic E-state index is 1.05. The Morgan fingerprint density at radius 2 is 1.26 bits per heavy atom. The molecule has 0 heterocycles. The molecule has 5 rings (SSSR count). The third kappa shape index (κ3) is 2.01. The summed E-state index contributed by atoms with van der Waals surface area (Å²) in [6, 6.07) is 17.8. The van der Waals surface area contributed by atoms with Crippen LogP contribution in [0.3, 0.4) is 0 Å². The predicted molar refractivity (Wildman–Crippen MR) is 107 cm³/mol. The van der Waals surface area contributed by atoms with Crippen LogP contribution >= 0.6 is 38.5 Å². The van der Waals surface area contributed by atoms with Crippen LogP contribution in [0.4, 0.5) is 0 Å². The van der Waals surface area contributed by atoms with Crippen molar-refractivity contribution in [3.63, 3.8) is 0 Å². The molecule has 0 aromatic heterocycles. The largest absolute Gasteiger partial charge is 0.0620 e. The summed E-state index contributed by atoms with van der Waals surface area (Å²) in [5.74, 6) is 0. The normalized spacial score (nSPS) is 14.0. The van der Waals surface area contributed by atoms with Gasteiger partial charge in [0.2, 0.25) is 0 Å². The first-order chi connectivity index (χ1) is 11.2. The Labute approximate surface area is 158 Å². The Kier molecular flexibility index (Phi) is 3.21. The maximum Gasteiger partial charge on any atom is 0.0357 e. The average molecular weight is 473 g/mol. The molecule has 3 aromatic rings. The summed E-state index contributed by atoms with van der Waals surface area (Å²) in [6.45, 7) is 0. The Morgan fingerprint density at radius 1 is 0.696 bits per heavy atom. The SMILES string of the molecule is Brc1c(I)c2c(c3c1Cc1ccccc1C3)Cc1ccccc1-2. The number of hydrogen-bond donors (Lipinski definition) is 0. The van der Waals surface area contributed by atoms with E-state index in [0.717, 1.165) is 19.3 Å². The van der Waals surface area contributed by atoms with Crippen molar-refractivity contribution in [1.82, 2.24) is 0 Å². The standard InChI is InChI=1S/C21H14BrI/c22-20-18-10-13-6-2-1-5-12(13)9-16(18)17-11-14-7-3-4-8-15(14)19(17)21(20)23/h1-8H,9-11H2. The number of benzene rings is 3. The molecule has 0 amide bonds. The van der Waals surface area contributed by atoms with Crippen LogP contribution in [-0.2, 0) is 19.3 Å². The highest BCUT2D eigenvalue weighted by Gasteiger charge is 2.30. The number of halogens is 2. The van der Waals surface area contributed by atoms with Gasteiger partial charge in [-0.15, -0.1) is 0 Å². The summed E-state index contributed by atoms with van der Waals surface area (Å²) >= 11 is 6.44. The lowest BCUT2D eigenvalue weighted by Crippen LogP contribution is -2.12. The minimum absolute atomic E-state index is 1.05. The quantitative estimate of drug-likeness (QED) is 0.238. The summed E-state index contributed by atoms with van der Waals surface area (Å²) in [6.07, 6.45) is 3.20. The van der Waals surface area contributed by atoms with Crippen molar-refractivity contribution in [3.05, 3.63) is 90.0 Å². The van der Waals surface area contributed by atoms with E-state index >= 15 is 0 Å². The van der Waals surface area contributed by atoms with Crippen molar-refractivity contribution < 1.29 is 0 Å². The molecule has 0 atom stereocenters. The zero-order chi connectivity index (χ0) is 15.6. The zero-order valence-electron chi connectivity index (χ0n) is 12.5. The second-order valence-electron chi connectivity index (χ2n) is 6.39. The molecule has 2 aliphatic rings. The molecule has 0 N–H and O–H groups in total. The Balaban J connectivity index is 1.79. The summed E-state index contributed by atoms with van der Waals surface area (Å²) in [5, 5.41) is 0. The molecule has 0 spiro atoms. The molecular weight excluding hydrogens is 459 g/mol. The summed E-state index contributed by atoms with van der Waals surface area (Å²) in [5.41, 5.74) is 11.9. The van der Waals surface area contributed by atoms with Gasteiger partial charge in [0, 0.05) is 13.6 Å². The van der Waals surface area contributed by atoms with E-state index in [4.69, 9.17) is 0 Å². The molecule has 0 nitrogen and oxygen atoms in total. The second kappa shape index (κ2) is 5.18. The molecule has 0 unspecified atom stereocenters.